The molecule has 1 aromatic rings. The Hall–Kier alpha value is -1.62. The van der Waals surface area contributed by atoms with E-state index >= 15 is 0 Å². The van der Waals surface area contributed by atoms with Crippen LogP contribution in [0.3, 0.4) is 0 Å². The number of nitrogens with two attached hydrogens (primary N) is 1. The van der Waals surface area contributed by atoms with E-state index in [1.165, 1.54) is 31.7 Å². The summed E-state index contributed by atoms with van der Waals surface area (Å²) in [5.41, 5.74) is 6.24. The Kier molecular flexibility index (Phi) is 5.17. The smallest absolute Gasteiger partial charge is 0.173 e. The first-order valence-electron chi connectivity index (χ1n) is 7.48. The Morgan fingerprint density at radius 3 is 2.67 bits per heavy atom. The lowest BCUT2D eigenvalue weighted by Crippen LogP contribution is -2.34. The molecule has 1 aliphatic rings. The van der Waals surface area contributed by atoms with E-state index in [9.17, 15) is 4.39 Å². The van der Waals surface area contributed by atoms with Crippen molar-refractivity contribution in [1.82, 2.24) is 4.90 Å². The molecule has 2 rings (SSSR count). The first-order valence-corrected chi connectivity index (χ1v) is 7.48. The Balaban J connectivity index is 2.09. The van der Waals surface area contributed by atoms with Gasteiger partial charge in [-0.05, 0) is 44.7 Å². The van der Waals surface area contributed by atoms with Gasteiger partial charge in [0.05, 0.1) is 5.56 Å². The van der Waals surface area contributed by atoms with Crippen molar-refractivity contribution in [2.45, 2.75) is 45.2 Å². The van der Waals surface area contributed by atoms with Gasteiger partial charge in [0.1, 0.15) is 5.82 Å². The van der Waals surface area contributed by atoms with E-state index in [1.54, 1.807) is 12.1 Å². The first kappa shape index (κ1) is 15.8. The molecule has 0 atom stereocenters. The number of rotatable bonds is 4. The van der Waals surface area contributed by atoms with Gasteiger partial charge in [-0.1, -0.05) is 24.2 Å². The Morgan fingerprint density at radius 2 is 2.05 bits per heavy atom. The monoisotopic (exact) mass is 293 g/mol. The van der Waals surface area contributed by atoms with Gasteiger partial charge in [-0.15, -0.1) is 0 Å². The molecule has 5 heteroatoms. The Bertz CT molecular complexity index is 510. The van der Waals surface area contributed by atoms with Crippen LogP contribution in [0.4, 0.5) is 4.39 Å². The third kappa shape index (κ3) is 3.73. The van der Waals surface area contributed by atoms with Crippen molar-refractivity contribution < 1.29 is 9.60 Å². The molecule has 0 radical (unpaired) electrons. The molecule has 0 aliphatic heterocycles. The van der Waals surface area contributed by atoms with Crippen LogP contribution < -0.4 is 5.73 Å². The van der Waals surface area contributed by atoms with Crippen LogP contribution in [0, 0.1) is 11.7 Å². The number of halogens is 1. The van der Waals surface area contributed by atoms with Crippen LogP contribution >= 0.6 is 0 Å². The van der Waals surface area contributed by atoms with Crippen LogP contribution in [-0.2, 0) is 6.54 Å². The average Bonchev–Trinajstić information content (AvgIpc) is 2.49. The maximum absolute atomic E-state index is 14.4. The summed E-state index contributed by atoms with van der Waals surface area (Å²) in [6, 6.07) is 5.53. The van der Waals surface area contributed by atoms with E-state index in [4.69, 9.17) is 10.9 Å². The summed E-state index contributed by atoms with van der Waals surface area (Å²) in [7, 11) is 2.04. The largest absolute Gasteiger partial charge is 0.409 e. The SMILES string of the molecule is CC1CCC(N(C)Cc2cccc(/C(N)=N/O)c2F)CC1. The lowest BCUT2D eigenvalue weighted by atomic mass is 9.86. The van der Waals surface area contributed by atoms with Crippen molar-refractivity contribution in [2.24, 2.45) is 16.8 Å². The molecular weight excluding hydrogens is 269 g/mol. The van der Waals surface area contributed by atoms with Gasteiger partial charge in [0.2, 0.25) is 0 Å². The predicted octanol–water partition coefficient (Wildman–Crippen LogP) is 2.93. The summed E-state index contributed by atoms with van der Waals surface area (Å²) in [5.74, 6) is 0.211. The molecule has 3 N–H and O–H groups in total. The van der Waals surface area contributed by atoms with Gasteiger partial charge >= 0.3 is 0 Å². The molecule has 1 aliphatic carbocycles. The van der Waals surface area contributed by atoms with Crippen LogP contribution in [0.1, 0.15) is 43.7 Å². The number of hydrogen-bond donors (Lipinski definition) is 2. The highest BCUT2D eigenvalue weighted by atomic mass is 19.1. The number of benzene rings is 1. The summed E-state index contributed by atoms with van der Waals surface area (Å²) in [6.07, 6.45) is 4.81. The molecule has 0 unspecified atom stereocenters. The lowest BCUT2D eigenvalue weighted by molar-refractivity contribution is 0.162. The highest BCUT2D eigenvalue weighted by molar-refractivity contribution is 5.97. The summed E-state index contributed by atoms with van der Waals surface area (Å²) in [5, 5.41) is 11.6. The molecular formula is C16H24FN3O. The second-order valence-corrected chi connectivity index (χ2v) is 6.09. The number of oxime groups is 1. The maximum atomic E-state index is 14.4. The van der Waals surface area contributed by atoms with E-state index < -0.39 is 5.82 Å². The first-order chi connectivity index (χ1) is 10.0. The standard InChI is InChI=1S/C16H24FN3O/c1-11-6-8-13(9-7-11)20(2)10-12-4-3-5-14(15(12)17)16(18)19-21/h3-5,11,13,21H,6-10H2,1-2H3,(H2,18,19). The minimum atomic E-state index is -0.399. The van der Waals surface area contributed by atoms with Crippen LogP contribution in [0.5, 0.6) is 0 Å². The molecule has 0 spiro atoms. The number of hydrogen-bond acceptors (Lipinski definition) is 3. The van der Waals surface area contributed by atoms with E-state index in [0.29, 0.717) is 18.2 Å². The average molecular weight is 293 g/mol. The molecule has 4 nitrogen and oxygen atoms in total. The zero-order valence-corrected chi connectivity index (χ0v) is 12.7. The molecule has 116 valence electrons. The van der Waals surface area contributed by atoms with Crippen molar-refractivity contribution in [3.05, 3.63) is 35.1 Å². The fourth-order valence-electron chi connectivity index (χ4n) is 3.03. The topological polar surface area (TPSA) is 61.8 Å². The molecule has 0 heterocycles. The minimum absolute atomic E-state index is 0.153. The van der Waals surface area contributed by atoms with E-state index in [0.717, 1.165) is 5.92 Å². The second-order valence-electron chi connectivity index (χ2n) is 6.09. The highest BCUT2D eigenvalue weighted by Gasteiger charge is 2.22. The van der Waals surface area contributed by atoms with Gasteiger partial charge in [-0.3, -0.25) is 4.90 Å². The van der Waals surface area contributed by atoms with Gasteiger partial charge in [0.15, 0.2) is 5.84 Å². The Labute approximate surface area is 125 Å². The van der Waals surface area contributed by atoms with Crippen molar-refractivity contribution >= 4 is 5.84 Å². The molecule has 21 heavy (non-hydrogen) atoms. The zero-order chi connectivity index (χ0) is 15.4. The van der Waals surface area contributed by atoms with Crippen LogP contribution in [0.15, 0.2) is 23.4 Å². The minimum Gasteiger partial charge on any atom is -0.409 e. The van der Waals surface area contributed by atoms with Gasteiger partial charge in [-0.2, -0.15) is 0 Å². The highest BCUT2D eigenvalue weighted by Crippen LogP contribution is 2.27. The quantitative estimate of drug-likeness (QED) is 0.388. The van der Waals surface area contributed by atoms with Crippen LogP contribution in [0.25, 0.3) is 0 Å². The van der Waals surface area contributed by atoms with Crippen molar-refractivity contribution in [3.8, 4) is 0 Å². The number of nitrogens with zero attached hydrogens (tertiary/aromatic N) is 2. The predicted molar refractivity (Wildman–Crippen MR) is 81.8 cm³/mol. The summed E-state index contributed by atoms with van der Waals surface area (Å²) >= 11 is 0. The maximum Gasteiger partial charge on any atom is 0.173 e. The van der Waals surface area contributed by atoms with E-state index in [-0.39, 0.29) is 11.4 Å². The molecule has 0 saturated heterocycles. The van der Waals surface area contributed by atoms with Gasteiger partial charge in [-0.25, -0.2) is 4.39 Å². The second kappa shape index (κ2) is 6.89. The fraction of sp³-hybridized carbons (Fsp3) is 0.562. The third-order valence-electron chi connectivity index (χ3n) is 4.49. The van der Waals surface area contributed by atoms with E-state index in [2.05, 4.69) is 17.0 Å². The molecule has 1 aromatic carbocycles. The zero-order valence-electron chi connectivity index (χ0n) is 12.7. The van der Waals surface area contributed by atoms with Gasteiger partial charge in [0, 0.05) is 18.2 Å². The molecule has 1 fully saturated rings. The molecule has 1 saturated carbocycles. The van der Waals surface area contributed by atoms with Crippen molar-refractivity contribution in [1.29, 1.82) is 0 Å². The third-order valence-corrected chi connectivity index (χ3v) is 4.49. The summed E-state index contributed by atoms with van der Waals surface area (Å²) in [4.78, 5) is 2.21. The van der Waals surface area contributed by atoms with E-state index in [1.807, 2.05) is 7.05 Å². The molecule has 0 bridgehead atoms. The van der Waals surface area contributed by atoms with Gasteiger partial charge < -0.3 is 10.9 Å². The fourth-order valence-corrected chi connectivity index (χ4v) is 3.03. The normalized spacial score (nSPS) is 23.5. The molecule has 0 amide bonds. The van der Waals surface area contributed by atoms with Crippen molar-refractivity contribution in [2.75, 3.05) is 7.05 Å². The van der Waals surface area contributed by atoms with Crippen LogP contribution in [-0.4, -0.2) is 29.0 Å². The van der Waals surface area contributed by atoms with Crippen LogP contribution in [0.2, 0.25) is 0 Å². The lowest BCUT2D eigenvalue weighted by Gasteiger charge is -2.33. The molecule has 0 aromatic heterocycles. The van der Waals surface area contributed by atoms with Crippen molar-refractivity contribution in [3.63, 3.8) is 0 Å². The summed E-state index contributed by atoms with van der Waals surface area (Å²) < 4.78 is 14.4. The summed E-state index contributed by atoms with van der Waals surface area (Å²) in [6.45, 7) is 2.83. The Morgan fingerprint density at radius 1 is 1.38 bits per heavy atom. The van der Waals surface area contributed by atoms with Gasteiger partial charge in [0.25, 0.3) is 0 Å². The number of amidine groups is 1.